The van der Waals surface area contributed by atoms with E-state index in [0.717, 1.165) is 44.3 Å². The molecule has 0 aliphatic carbocycles. The molecule has 1 atom stereocenters. The first kappa shape index (κ1) is 15.3. The number of alkyl halides is 1. The number of hydrogen-bond acceptors (Lipinski definition) is 1. The molecule has 1 aromatic carbocycles. The minimum absolute atomic E-state index is 0.194. The van der Waals surface area contributed by atoms with E-state index in [1.54, 1.807) is 0 Å². The molecule has 2 rings (SSSR count). The standard InChI is InChI=1S/C16H21ClFNO/c17-10-3-5-16(20)19-11-2-1-4-14(12-19)13-6-8-15(18)9-7-13/h6-9,14H,1-5,10-12H2. The predicted molar refractivity (Wildman–Crippen MR) is 79.5 cm³/mol. The van der Waals surface area contributed by atoms with E-state index < -0.39 is 0 Å². The second kappa shape index (κ2) is 7.63. The SMILES string of the molecule is O=C(CCCCl)N1CCCCC(c2ccc(F)cc2)C1. The number of halogens is 2. The molecule has 1 heterocycles. The summed E-state index contributed by atoms with van der Waals surface area (Å²) in [5, 5.41) is 0. The summed E-state index contributed by atoms with van der Waals surface area (Å²) >= 11 is 5.65. The van der Waals surface area contributed by atoms with Crippen LogP contribution in [0.3, 0.4) is 0 Å². The van der Waals surface area contributed by atoms with Gasteiger partial charge in [0.25, 0.3) is 0 Å². The van der Waals surface area contributed by atoms with Gasteiger partial charge >= 0.3 is 0 Å². The van der Waals surface area contributed by atoms with Crippen LogP contribution in [-0.2, 0) is 4.79 Å². The first-order valence-corrected chi connectivity index (χ1v) is 7.83. The summed E-state index contributed by atoms with van der Waals surface area (Å²) in [6.07, 6.45) is 4.48. The molecule has 4 heteroatoms. The van der Waals surface area contributed by atoms with E-state index in [1.807, 2.05) is 17.0 Å². The number of nitrogens with zero attached hydrogens (tertiary/aromatic N) is 1. The van der Waals surface area contributed by atoms with E-state index >= 15 is 0 Å². The van der Waals surface area contributed by atoms with Gasteiger partial charge in [0, 0.05) is 31.3 Å². The van der Waals surface area contributed by atoms with Crippen molar-refractivity contribution in [3.8, 4) is 0 Å². The van der Waals surface area contributed by atoms with Crippen LogP contribution in [0.2, 0.25) is 0 Å². The molecule has 2 nitrogen and oxygen atoms in total. The van der Waals surface area contributed by atoms with Crippen LogP contribution >= 0.6 is 11.6 Å². The van der Waals surface area contributed by atoms with Gasteiger partial charge in [0.05, 0.1) is 0 Å². The Hall–Kier alpha value is -1.09. The Bertz CT molecular complexity index is 435. The Morgan fingerprint density at radius 3 is 2.75 bits per heavy atom. The van der Waals surface area contributed by atoms with Crippen molar-refractivity contribution in [3.63, 3.8) is 0 Å². The number of hydrogen-bond donors (Lipinski definition) is 0. The third-order valence-electron chi connectivity index (χ3n) is 3.89. The lowest BCUT2D eigenvalue weighted by Crippen LogP contribution is -2.34. The van der Waals surface area contributed by atoms with E-state index in [2.05, 4.69) is 0 Å². The fourth-order valence-corrected chi connectivity index (χ4v) is 2.89. The highest BCUT2D eigenvalue weighted by molar-refractivity contribution is 6.17. The maximum Gasteiger partial charge on any atom is 0.222 e. The van der Waals surface area contributed by atoms with Crippen LogP contribution in [0, 0.1) is 5.82 Å². The Balaban J connectivity index is 2.02. The molecule has 0 spiro atoms. The number of amides is 1. The molecule has 1 aliphatic rings. The molecule has 0 saturated carbocycles. The van der Waals surface area contributed by atoms with Crippen molar-refractivity contribution in [2.75, 3.05) is 19.0 Å². The lowest BCUT2D eigenvalue weighted by atomic mass is 9.94. The zero-order valence-electron chi connectivity index (χ0n) is 11.7. The van der Waals surface area contributed by atoms with E-state index in [1.165, 1.54) is 12.1 Å². The molecule has 0 N–H and O–H groups in total. The van der Waals surface area contributed by atoms with Crippen molar-refractivity contribution in [2.24, 2.45) is 0 Å². The summed E-state index contributed by atoms with van der Waals surface area (Å²) in [6, 6.07) is 6.68. The van der Waals surface area contributed by atoms with Gasteiger partial charge < -0.3 is 4.90 Å². The normalized spacial score (nSPS) is 19.7. The average molecular weight is 298 g/mol. The van der Waals surface area contributed by atoms with Crippen molar-refractivity contribution in [1.82, 2.24) is 4.90 Å². The molecule has 0 radical (unpaired) electrons. The van der Waals surface area contributed by atoms with Crippen LogP contribution in [-0.4, -0.2) is 29.8 Å². The number of rotatable bonds is 4. The Labute approximate surface area is 124 Å². The van der Waals surface area contributed by atoms with E-state index in [9.17, 15) is 9.18 Å². The second-order valence-corrected chi connectivity index (χ2v) is 5.75. The maximum absolute atomic E-state index is 13.0. The molecule has 110 valence electrons. The smallest absolute Gasteiger partial charge is 0.222 e. The molecule has 1 unspecified atom stereocenters. The van der Waals surface area contributed by atoms with Crippen LogP contribution in [0.15, 0.2) is 24.3 Å². The van der Waals surface area contributed by atoms with Gasteiger partial charge in [-0.2, -0.15) is 0 Å². The molecule has 1 amide bonds. The van der Waals surface area contributed by atoms with Gasteiger partial charge in [-0.1, -0.05) is 18.6 Å². The topological polar surface area (TPSA) is 20.3 Å². The van der Waals surface area contributed by atoms with E-state index in [0.29, 0.717) is 18.2 Å². The van der Waals surface area contributed by atoms with Crippen LogP contribution in [0.5, 0.6) is 0 Å². The van der Waals surface area contributed by atoms with Crippen LogP contribution in [0.1, 0.15) is 43.6 Å². The molecule has 20 heavy (non-hydrogen) atoms. The van der Waals surface area contributed by atoms with Crippen LogP contribution < -0.4 is 0 Å². The molecule has 0 bridgehead atoms. The fraction of sp³-hybridized carbons (Fsp3) is 0.562. The third-order valence-corrected chi connectivity index (χ3v) is 4.16. The highest BCUT2D eigenvalue weighted by Gasteiger charge is 2.22. The Morgan fingerprint density at radius 1 is 1.30 bits per heavy atom. The third kappa shape index (κ3) is 4.20. The quantitative estimate of drug-likeness (QED) is 0.771. The molecule has 1 aliphatic heterocycles. The monoisotopic (exact) mass is 297 g/mol. The molecule has 1 saturated heterocycles. The van der Waals surface area contributed by atoms with Gasteiger partial charge in [0.1, 0.15) is 5.82 Å². The van der Waals surface area contributed by atoms with Crippen molar-refractivity contribution in [3.05, 3.63) is 35.6 Å². The van der Waals surface area contributed by atoms with Gasteiger partial charge in [-0.25, -0.2) is 4.39 Å². The average Bonchev–Trinajstić information content (AvgIpc) is 2.71. The molecule has 1 aromatic rings. The van der Waals surface area contributed by atoms with E-state index in [-0.39, 0.29) is 11.7 Å². The molecular formula is C16H21ClFNO. The summed E-state index contributed by atoms with van der Waals surface area (Å²) in [7, 11) is 0. The van der Waals surface area contributed by atoms with Crippen molar-refractivity contribution in [2.45, 2.75) is 38.0 Å². The highest BCUT2D eigenvalue weighted by atomic mass is 35.5. The number of carbonyl (C=O) groups excluding carboxylic acids is 1. The predicted octanol–water partition coefficient (Wildman–Crippen LogP) is 3.94. The molecular weight excluding hydrogens is 277 g/mol. The minimum atomic E-state index is -0.211. The zero-order chi connectivity index (χ0) is 14.4. The highest BCUT2D eigenvalue weighted by Crippen LogP contribution is 2.27. The Morgan fingerprint density at radius 2 is 2.05 bits per heavy atom. The maximum atomic E-state index is 13.0. The lowest BCUT2D eigenvalue weighted by molar-refractivity contribution is -0.131. The van der Waals surface area contributed by atoms with Crippen molar-refractivity contribution in [1.29, 1.82) is 0 Å². The summed E-state index contributed by atoms with van der Waals surface area (Å²) in [6.45, 7) is 1.57. The minimum Gasteiger partial charge on any atom is -0.342 e. The largest absolute Gasteiger partial charge is 0.342 e. The van der Waals surface area contributed by atoms with Gasteiger partial charge in [0.15, 0.2) is 0 Å². The fourth-order valence-electron chi connectivity index (χ4n) is 2.75. The van der Waals surface area contributed by atoms with Crippen LogP contribution in [0.25, 0.3) is 0 Å². The molecule has 1 fully saturated rings. The number of benzene rings is 1. The summed E-state index contributed by atoms with van der Waals surface area (Å²) in [4.78, 5) is 14.1. The van der Waals surface area contributed by atoms with Crippen molar-refractivity contribution >= 4 is 17.5 Å². The van der Waals surface area contributed by atoms with Gasteiger partial charge in [0.2, 0.25) is 5.91 Å². The summed E-state index contributed by atoms with van der Waals surface area (Å²) in [5.74, 6) is 0.830. The molecule has 0 aromatic heterocycles. The van der Waals surface area contributed by atoms with Crippen LogP contribution in [0.4, 0.5) is 4.39 Å². The van der Waals surface area contributed by atoms with Gasteiger partial charge in [-0.15, -0.1) is 11.6 Å². The number of carbonyl (C=O) groups is 1. The summed E-state index contributed by atoms with van der Waals surface area (Å²) in [5.41, 5.74) is 1.13. The van der Waals surface area contributed by atoms with Gasteiger partial charge in [-0.3, -0.25) is 4.79 Å². The Kier molecular flexibility index (Phi) is 5.84. The first-order valence-electron chi connectivity index (χ1n) is 7.30. The van der Waals surface area contributed by atoms with Crippen molar-refractivity contribution < 1.29 is 9.18 Å². The lowest BCUT2D eigenvalue weighted by Gasteiger charge is -2.25. The van der Waals surface area contributed by atoms with Gasteiger partial charge in [-0.05, 0) is 37.0 Å². The number of likely N-dealkylation sites (tertiary alicyclic amines) is 1. The second-order valence-electron chi connectivity index (χ2n) is 5.38. The zero-order valence-corrected chi connectivity index (χ0v) is 12.4. The van der Waals surface area contributed by atoms with E-state index in [4.69, 9.17) is 11.6 Å². The summed E-state index contributed by atoms with van der Waals surface area (Å²) < 4.78 is 13.0. The first-order chi connectivity index (χ1) is 9.70.